The summed E-state index contributed by atoms with van der Waals surface area (Å²) in [5, 5.41) is 10.6. The van der Waals surface area contributed by atoms with E-state index in [1.54, 1.807) is 11.3 Å². The Hall–Kier alpha value is -0.740. The van der Waals surface area contributed by atoms with Gasteiger partial charge < -0.3 is 0 Å². The molecule has 0 fully saturated rings. The van der Waals surface area contributed by atoms with Crippen molar-refractivity contribution in [2.75, 3.05) is 0 Å². The summed E-state index contributed by atoms with van der Waals surface area (Å²) in [6.07, 6.45) is 1.03. The molecule has 1 heterocycles. The fourth-order valence-corrected chi connectivity index (χ4v) is 3.05. The van der Waals surface area contributed by atoms with Crippen molar-refractivity contribution < 1.29 is 0 Å². The second kappa shape index (κ2) is 5.71. The largest absolute Gasteiger partial charge is 0.147 e. The van der Waals surface area contributed by atoms with E-state index in [2.05, 4.69) is 78.1 Å². The maximum atomic E-state index is 4.29. The van der Waals surface area contributed by atoms with E-state index in [-0.39, 0.29) is 5.41 Å². The van der Waals surface area contributed by atoms with E-state index in [0.29, 0.717) is 4.83 Å². The van der Waals surface area contributed by atoms with Crippen LogP contribution in [0.25, 0.3) is 10.6 Å². The first-order valence-corrected chi connectivity index (χ1v) is 8.23. The molecule has 2 aromatic rings. The lowest BCUT2D eigenvalue weighted by Crippen LogP contribution is -2.10. The van der Waals surface area contributed by atoms with Crippen LogP contribution in [0.15, 0.2) is 24.3 Å². The summed E-state index contributed by atoms with van der Waals surface area (Å²) in [6.45, 7) is 8.81. The summed E-state index contributed by atoms with van der Waals surface area (Å²) in [6, 6.07) is 8.64. The molecule has 0 saturated carbocycles. The molecule has 0 aliphatic carbocycles. The van der Waals surface area contributed by atoms with Gasteiger partial charge in [0.15, 0.2) is 0 Å². The lowest BCUT2D eigenvalue weighted by Gasteiger charge is -2.18. The molecule has 0 aliphatic rings. The van der Waals surface area contributed by atoms with Gasteiger partial charge in [0.25, 0.3) is 0 Å². The van der Waals surface area contributed by atoms with Crippen molar-refractivity contribution in [1.29, 1.82) is 0 Å². The van der Waals surface area contributed by atoms with Crippen molar-refractivity contribution >= 4 is 27.3 Å². The van der Waals surface area contributed by atoms with E-state index in [1.807, 2.05) is 0 Å². The first kappa shape index (κ1) is 14.7. The van der Waals surface area contributed by atoms with Gasteiger partial charge in [-0.3, -0.25) is 0 Å². The highest BCUT2D eigenvalue weighted by Crippen LogP contribution is 2.33. The van der Waals surface area contributed by atoms with Crippen LogP contribution in [0.2, 0.25) is 0 Å². The van der Waals surface area contributed by atoms with Crippen LogP contribution in [0.4, 0.5) is 0 Å². The predicted octanol–water partition coefficient (Wildman–Crippen LogP) is 5.35. The van der Waals surface area contributed by atoms with Gasteiger partial charge in [0.1, 0.15) is 10.0 Å². The summed E-state index contributed by atoms with van der Waals surface area (Å²) in [4.78, 5) is 0.313. The summed E-state index contributed by atoms with van der Waals surface area (Å²) >= 11 is 5.28. The molecule has 0 N–H and O–H groups in total. The number of nitrogens with zero attached hydrogens (tertiary/aromatic N) is 2. The lowest BCUT2D eigenvalue weighted by atomic mass is 9.87. The van der Waals surface area contributed by atoms with Gasteiger partial charge in [-0.2, -0.15) is 0 Å². The van der Waals surface area contributed by atoms with Crippen molar-refractivity contribution in [2.45, 2.75) is 44.4 Å². The zero-order valence-corrected chi connectivity index (χ0v) is 14.2. The van der Waals surface area contributed by atoms with Gasteiger partial charge in [0.2, 0.25) is 0 Å². The molecule has 19 heavy (non-hydrogen) atoms. The van der Waals surface area contributed by atoms with Gasteiger partial charge in [0.05, 0.1) is 4.83 Å². The summed E-state index contributed by atoms with van der Waals surface area (Å²) in [5.74, 6) is 0. The minimum atomic E-state index is 0.188. The molecule has 0 bridgehead atoms. The van der Waals surface area contributed by atoms with E-state index < -0.39 is 0 Å². The second-order valence-corrected chi connectivity index (χ2v) is 7.76. The highest BCUT2D eigenvalue weighted by atomic mass is 79.9. The van der Waals surface area contributed by atoms with Gasteiger partial charge in [-0.15, -0.1) is 10.2 Å². The SMILES string of the molecule is CCC(Br)c1nnc(-c2ccc(C(C)(C)C)cc2)s1. The third-order valence-corrected chi connectivity index (χ3v) is 5.54. The number of rotatable bonds is 3. The maximum Gasteiger partial charge on any atom is 0.147 e. The average molecular weight is 339 g/mol. The topological polar surface area (TPSA) is 25.8 Å². The third-order valence-electron chi connectivity index (χ3n) is 3.06. The Balaban J connectivity index is 2.25. The molecule has 0 spiro atoms. The fourth-order valence-electron chi connectivity index (χ4n) is 1.77. The highest BCUT2D eigenvalue weighted by Gasteiger charge is 2.15. The van der Waals surface area contributed by atoms with Gasteiger partial charge in [-0.05, 0) is 17.4 Å². The molecule has 1 aromatic carbocycles. The van der Waals surface area contributed by atoms with Gasteiger partial charge in [0, 0.05) is 5.56 Å². The van der Waals surface area contributed by atoms with Crippen LogP contribution < -0.4 is 0 Å². The lowest BCUT2D eigenvalue weighted by molar-refractivity contribution is 0.590. The summed E-state index contributed by atoms with van der Waals surface area (Å²) in [5.41, 5.74) is 2.68. The third kappa shape index (κ3) is 3.42. The smallest absolute Gasteiger partial charge is 0.142 e. The van der Waals surface area contributed by atoms with Crippen LogP contribution in [0.1, 0.15) is 49.5 Å². The number of aromatic nitrogens is 2. The van der Waals surface area contributed by atoms with E-state index in [1.165, 1.54) is 5.56 Å². The minimum absolute atomic E-state index is 0.188. The first-order valence-electron chi connectivity index (χ1n) is 6.50. The predicted molar refractivity (Wildman–Crippen MR) is 86.0 cm³/mol. The van der Waals surface area contributed by atoms with Crippen LogP contribution in [0.3, 0.4) is 0 Å². The Kier molecular flexibility index (Phi) is 4.41. The van der Waals surface area contributed by atoms with Crippen molar-refractivity contribution in [2.24, 2.45) is 0 Å². The molecule has 2 rings (SSSR count). The molecular weight excluding hydrogens is 320 g/mol. The van der Waals surface area contributed by atoms with Crippen molar-refractivity contribution in [1.82, 2.24) is 10.2 Å². The molecule has 4 heteroatoms. The van der Waals surface area contributed by atoms with Gasteiger partial charge in [-0.1, -0.05) is 79.2 Å². The summed E-state index contributed by atoms with van der Waals surface area (Å²) in [7, 11) is 0. The molecule has 0 saturated heterocycles. The van der Waals surface area contributed by atoms with E-state index in [0.717, 1.165) is 22.0 Å². The Morgan fingerprint density at radius 1 is 1.16 bits per heavy atom. The second-order valence-electron chi connectivity index (χ2n) is 5.65. The van der Waals surface area contributed by atoms with Crippen LogP contribution in [0, 0.1) is 0 Å². The van der Waals surface area contributed by atoms with Crippen LogP contribution >= 0.6 is 27.3 Å². The number of hydrogen-bond donors (Lipinski definition) is 0. The number of hydrogen-bond acceptors (Lipinski definition) is 3. The van der Waals surface area contributed by atoms with Gasteiger partial charge >= 0.3 is 0 Å². The van der Waals surface area contributed by atoms with Crippen molar-refractivity contribution in [3.63, 3.8) is 0 Å². The molecule has 0 aliphatic heterocycles. The van der Waals surface area contributed by atoms with E-state index in [4.69, 9.17) is 0 Å². The number of benzene rings is 1. The molecule has 2 nitrogen and oxygen atoms in total. The van der Waals surface area contributed by atoms with Crippen molar-refractivity contribution in [3.05, 3.63) is 34.8 Å². The number of halogens is 1. The Bertz CT molecular complexity index is 540. The fraction of sp³-hybridized carbons (Fsp3) is 0.467. The minimum Gasteiger partial charge on any atom is -0.142 e. The van der Waals surface area contributed by atoms with Gasteiger partial charge in [-0.25, -0.2) is 0 Å². The Labute approximate surface area is 127 Å². The molecule has 1 unspecified atom stereocenters. The first-order chi connectivity index (χ1) is 8.91. The zero-order valence-electron chi connectivity index (χ0n) is 11.8. The van der Waals surface area contributed by atoms with E-state index >= 15 is 0 Å². The number of alkyl halides is 1. The highest BCUT2D eigenvalue weighted by molar-refractivity contribution is 9.09. The normalized spacial score (nSPS) is 13.5. The average Bonchev–Trinajstić information content (AvgIpc) is 2.86. The van der Waals surface area contributed by atoms with E-state index in [9.17, 15) is 0 Å². The molecule has 1 atom stereocenters. The molecule has 1 aromatic heterocycles. The Morgan fingerprint density at radius 2 is 1.79 bits per heavy atom. The summed E-state index contributed by atoms with van der Waals surface area (Å²) < 4.78 is 0. The molecule has 0 amide bonds. The monoisotopic (exact) mass is 338 g/mol. The standard InChI is InChI=1S/C15H19BrN2S/c1-5-12(16)14-18-17-13(19-14)10-6-8-11(9-7-10)15(2,3)4/h6-9,12H,5H2,1-4H3. The van der Waals surface area contributed by atoms with Crippen LogP contribution in [-0.2, 0) is 5.41 Å². The zero-order chi connectivity index (χ0) is 14.0. The maximum absolute atomic E-state index is 4.29. The molecular formula is C15H19BrN2S. The Morgan fingerprint density at radius 3 is 2.32 bits per heavy atom. The van der Waals surface area contributed by atoms with Crippen molar-refractivity contribution in [3.8, 4) is 10.6 Å². The van der Waals surface area contributed by atoms with Crippen LogP contribution in [-0.4, -0.2) is 10.2 Å². The van der Waals surface area contributed by atoms with Crippen LogP contribution in [0.5, 0.6) is 0 Å². The quantitative estimate of drug-likeness (QED) is 0.705. The molecule has 0 radical (unpaired) electrons. The molecule has 102 valence electrons.